The molecule has 0 saturated carbocycles. The summed E-state index contributed by atoms with van der Waals surface area (Å²) in [5.41, 5.74) is 0. The van der Waals surface area contributed by atoms with Crippen molar-refractivity contribution < 1.29 is 0 Å². The minimum Gasteiger partial charge on any atom is -0.317 e. The Morgan fingerprint density at radius 2 is 1.94 bits per heavy atom. The Morgan fingerprint density at radius 3 is 2.53 bits per heavy atom. The number of likely N-dealkylation sites (N-methyl/N-ethyl adjacent to an activating group) is 1. The monoisotopic (exact) mass is 241 g/mol. The first-order valence-electron chi connectivity index (χ1n) is 7.34. The molecule has 0 aromatic carbocycles. The standard InChI is InChI=1S/C14H31N3/c1-4-14(15-2)8-7-9-16(3)12-13-17-10-5-6-11-17/h14-15H,4-13H2,1-3H3. The average Bonchev–Trinajstić information content (AvgIpc) is 2.85. The molecule has 1 N–H and O–H groups in total. The molecule has 0 radical (unpaired) electrons. The second-order valence-electron chi connectivity index (χ2n) is 5.39. The van der Waals surface area contributed by atoms with E-state index in [0.717, 1.165) is 0 Å². The molecule has 1 fully saturated rings. The molecule has 17 heavy (non-hydrogen) atoms. The van der Waals surface area contributed by atoms with E-state index in [1.54, 1.807) is 0 Å². The van der Waals surface area contributed by atoms with Crippen LogP contribution in [0, 0.1) is 0 Å². The lowest BCUT2D eigenvalue weighted by Crippen LogP contribution is -2.32. The van der Waals surface area contributed by atoms with Gasteiger partial charge in [-0.3, -0.25) is 0 Å². The highest BCUT2D eigenvalue weighted by Crippen LogP contribution is 2.07. The molecular formula is C14H31N3. The first-order valence-corrected chi connectivity index (χ1v) is 7.34. The maximum Gasteiger partial charge on any atom is 0.0109 e. The molecule has 0 amide bonds. The topological polar surface area (TPSA) is 18.5 Å². The summed E-state index contributed by atoms with van der Waals surface area (Å²) in [5, 5.41) is 3.38. The minimum atomic E-state index is 0.710. The lowest BCUT2D eigenvalue weighted by molar-refractivity contribution is 0.251. The molecule has 1 atom stereocenters. The molecule has 1 rings (SSSR count). The summed E-state index contributed by atoms with van der Waals surface area (Å²) in [5.74, 6) is 0. The van der Waals surface area contributed by atoms with E-state index in [2.05, 4.69) is 36.1 Å². The molecule has 3 nitrogen and oxygen atoms in total. The van der Waals surface area contributed by atoms with Gasteiger partial charge >= 0.3 is 0 Å². The van der Waals surface area contributed by atoms with Crippen molar-refractivity contribution in [1.29, 1.82) is 0 Å². The predicted octanol–water partition coefficient (Wildman–Crippen LogP) is 1.79. The number of rotatable bonds is 9. The van der Waals surface area contributed by atoms with E-state index in [0.29, 0.717) is 6.04 Å². The van der Waals surface area contributed by atoms with Crippen LogP contribution in [0.25, 0.3) is 0 Å². The van der Waals surface area contributed by atoms with Crippen LogP contribution in [0.5, 0.6) is 0 Å². The van der Waals surface area contributed by atoms with E-state index in [1.165, 1.54) is 64.8 Å². The normalized spacial score (nSPS) is 19.1. The van der Waals surface area contributed by atoms with Gasteiger partial charge < -0.3 is 15.1 Å². The van der Waals surface area contributed by atoms with E-state index in [9.17, 15) is 0 Å². The minimum absolute atomic E-state index is 0.710. The van der Waals surface area contributed by atoms with Crippen LogP contribution in [0.3, 0.4) is 0 Å². The molecule has 0 spiro atoms. The van der Waals surface area contributed by atoms with Crippen LogP contribution in [0.1, 0.15) is 39.0 Å². The summed E-state index contributed by atoms with van der Waals surface area (Å²) in [6.07, 6.45) is 6.68. The van der Waals surface area contributed by atoms with Gasteiger partial charge in [-0.15, -0.1) is 0 Å². The molecule has 0 aliphatic carbocycles. The van der Waals surface area contributed by atoms with Crippen LogP contribution in [0.4, 0.5) is 0 Å². The third-order valence-electron chi connectivity index (χ3n) is 3.99. The lowest BCUT2D eigenvalue weighted by Gasteiger charge is -2.22. The highest BCUT2D eigenvalue weighted by Gasteiger charge is 2.11. The van der Waals surface area contributed by atoms with E-state index >= 15 is 0 Å². The molecule has 1 saturated heterocycles. The molecule has 102 valence electrons. The fourth-order valence-corrected chi connectivity index (χ4v) is 2.59. The van der Waals surface area contributed by atoms with Crippen LogP contribution >= 0.6 is 0 Å². The van der Waals surface area contributed by atoms with Crippen molar-refractivity contribution in [2.75, 3.05) is 46.8 Å². The second-order valence-corrected chi connectivity index (χ2v) is 5.39. The first kappa shape index (κ1) is 14.9. The van der Waals surface area contributed by atoms with Crippen LogP contribution in [-0.2, 0) is 0 Å². The highest BCUT2D eigenvalue weighted by molar-refractivity contribution is 4.68. The van der Waals surface area contributed by atoms with Gasteiger partial charge in [0.15, 0.2) is 0 Å². The van der Waals surface area contributed by atoms with Gasteiger partial charge in [0.2, 0.25) is 0 Å². The zero-order chi connectivity index (χ0) is 12.5. The largest absolute Gasteiger partial charge is 0.317 e. The van der Waals surface area contributed by atoms with E-state index < -0.39 is 0 Å². The van der Waals surface area contributed by atoms with Crippen molar-refractivity contribution >= 4 is 0 Å². The zero-order valence-electron chi connectivity index (χ0n) is 12.0. The Morgan fingerprint density at radius 1 is 1.24 bits per heavy atom. The first-order chi connectivity index (χ1) is 8.26. The van der Waals surface area contributed by atoms with Crippen LogP contribution in [-0.4, -0.2) is 62.7 Å². The van der Waals surface area contributed by atoms with Crippen molar-refractivity contribution in [2.45, 2.75) is 45.1 Å². The molecule has 0 bridgehead atoms. The second kappa shape index (κ2) is 8.90. The third kappa shape index (κ3) is 6.39. The van der Waals surface area contributed by atoms with Crippen LogP contribution in [0.2, 0.25) is 0 Å². The Labute approximate surface area is 108 Å². The van der Waals surface area contributed by atoms with Gasteiger partial charge in [-0.05, 0) is 65.8 Å². The maximum absolute atomic E-state index is 3.38. The molecule has 1 aliphatic rings. The molecule has 1 aliphatic heterocycles. The number of nitrogens with zero attached hydrogens (tertiary/aromatic N) is 2. The van der Waals surface area contributed by atoms with Crippen molar-refractivity contribution in [3.8, 4) is 0 Å². The SMILES string of the molecule is CCC(CCCN(C)CCN1CCCC1)NC. The molecule has 1 heterocycles. The van der Waals surface area contributed by atoms with Gasteiger partial charge in [0.05, 0.1) is 0 Å². The van der Waals surface area contributed by atoms with Gasteiger partial charge in [0, 0.05) is 19.1 Å². The van der Waals surface area contributed by atoms with Crippen molar-refractivity contribution in [2.24, 2.45) is 0 Å². The van der Waals surface area contributed by atoms with Crippen molar-refractivity contribution in [3.63, 3.8) is 0 Å². The van der Waals surface area contributed by atoms with Crippen LogP contribution < -0.4 is 5.32 Å². The number of hydrogen-bond donors (Lipinski definition) is 1. The Kier molecular flexibility index (Phi) is 7.82. The van der Waals surface area contributed by atoms with E-state index in [-0.39, 0.29) is 0 Å². The number of likely N-dealkylation sites (tertiary alicyclic amines) is 1. The van der Waals surface area contributed by atoms with Crippen molar-refractivity contribution in [1.82, 2.24) is 15.1 Å². The molecule has 0 aromatic heterocycles. The van der Waals surface area contributed by atoms with Gasteiger partial charge in [0.1, 0.15) is 0 Å². The molecule has 1 unspecified atom stereocenters. The van der Waals surface area contributed by atoms with Gasteiger partial charge in [-0.25, -0.2) is 0 Å². The highest BCUT2D eigenvalue weighted by atomic mass is 15.2. The van der Waals surface area contributed by atoms with Gasteiger partial charge in [0.25, 0.3) is 0 Å². The van der Waals surface area contributed by atoms with Crippen molar-refractivity contribution in [3.05, 3.63) is 0 Å². The maximum atomic E-state index is 3.38. The summed E-state index contributed by atoms with van der Waals surface area (Å²) in [4.78, 5) is 5.08. The summed E-state index contributed by atoms with van der Waals surface area (Å²) in [6.45, 7) is 8.65. The zero-order valence-corrected chi connectivity index (χ0v) is 12.0. The van der Waals surface area contributed by atoms with Crippen LogP contribution in [0.15, 0.2) is 0 Å². The summed E-state index contributed by atoms with van der Waals surface area (Å²) in [6, 6.07) is 0.710. The van der Waals surface area contributed by atoms with E-state index in [1.807, 2.05) is 0 Å². The quantitative estimate of drug-likeness (QED) is 0.664. The van der Waals surface area contributed by atoms with Gasteiger partial charge in [-0.2, -0.15) is 0 Å². The van der Waals surface area contributed by atoms with Gasteiger partial charge in [-0.1, -0.05) is 6.92 Å². The molecular weight excluding hydrogens is 210 g/mol. The third-order valence-corrected chi connectivity index (χ3v) is 3.99. The fraction of sp³-hybridized carbons (Fsp3) is 1.00. The number of hydrogen-bond acceptors (Lipinski definition) is 3. The predicted molar refractivity (Wildman–Crippen MR) is 75.5 cm³/mol. The number of nitrogens with one attached hydrogen (secondary N) is 1. The summed E-state index contributed by atoms with van der Waals surface area (Å²) < 4.78 is 0. The smallest absolute Gasteiger partial charge is 0.0109 e. The molecule has 0 aromatic rings. The Balaban J connectivity index is 1.98. The molecule has 3 heteroatoms. The Bertz CT molecular complexity index is 174. The summed E-state index contributed by atoms with van der Waals surface area (Å²) in [7, 11) is 4.33. The lowest BCUT2D eigenvalue weighted by atomic mass is 10.1. The fourth-order valence-electron chi connectivity index (χ4n) is 2.59. The average molecular weight is 241 g/mol. The Hall–Kier alpha value is -0.120. The summed E-state index contributed by atoms with van der Waals surface area (Å²) >= 11 is 0. The van der Waals surface area contributed by atoms with E-state index in [4.69, 9.17) is 0 Å².